The summed E-state index contributed by atoms with van der Waals surface area (Å²) in [5.74, 6) is 0.363. The predicted molar refractivity (Wildman–Crippen MR) is 98.6 cm³/mol. The minimum Gasteiger partial charge on any atom is -0.263 e. The monoisotopic (exact) mass is 362 g/mol. The number of pyridine rings is 1. The molecule has 2 aromatic rings. The molecule has 1 aliphatic heterocycles. The first-order valence-electron chi connectivity index (χ1n) is 8.89. The minimum absolute atomic E-state index is 0.363. The van der Waals surface area contributed by atoms with Crippen molar-refractivity contribution in [3.05, 3.63) is 36.2 Å². The lowest BCUT2D eigenvalue weighted by atomic mass is 9.93. The lowest BCUT2D eigenvalue weighted by molar-refractivity contribution is 0.266. The fourth-order valence-corrected chi connectivity index (χ4v) is 4.41. The molecular weight excluding hydrogens is 336 g/mol. The molecule has 1 atom stereocenters. The number of hydrogen-bond donors (Lipinski definition) is 0. The van der Waals surface area contributed by atoms with E-state index < -0.39 is 10.0 Å². The fourth-order valence-electron chi connectivity index (χ4n) is 3.47. The molecule has 0 N–H and O–H groups in total. The highest BCUT2D eigenvalue weighted by molar-refractivity contribution is 7.88. The van der Waals surface area contributed by atoms with Gasteiger partial charge in [0.25, 0.3) is 0 Å². The van der Waals surface area contributed by atoms with Crippen molar-refractivity contribution in [1.82, 2.24) is 19.1 Å². The Kier molecular flexibility index (Phi) is 5.54. The molecule has 0 bridgehead atoms. The molecule has 0 unspecified atom stereocenters. The van der Waals surface area contributed by atoms with Gasteiger partial charge in [0.2, 0.25) is 10.0 Å². The Bertz CT molecular complexity index is 799. The maximum absolute atomic E-state index is 11.8. The Labute approximate surface area is 149 Å². The number of aryl methyl sites for hydroxylation is 1. The Hall–Kier alpha value is -1.73. The standard InChI is InChI=1S/C18H26N4O2S/c1-3-10-22-18(8-9-20-22)17-7-6-15(13-19-17)12-16-5-4-11-21(14-16)25(2,23)24/h6-9,13,16H,3-5,10-12,14H2,1-2H3/t16-/m1/s1. The average Bonchev–Trinajstić information content (AvgIpc) is 3.04. The SMILES string of the molecule is CCCn1nccc1-c1ccc(C[C@H]2CCCN(S(C)(=O)=O)C2)cn1. The van der Waals surface area contributed by atoms with Crippen LogP contribution in [0.5, 0.6) is 0 Å². The normalized spacial score (nSPS) is 19.2. The van der Waals surface area contributed by atoms with Crippen LogP contribution < -0.4 is 0 Å². The maximum Gasteiger partial charge on any atom is 0.211 e. The van der Waals surface area contributed by atoms with Gasteiger partial charge in [0.15, 0.2) is 0 Å². The first-order valence-corrected chi connectivity index (χ1v) is 10.7. The van der Waals surface area contributed by atoms with Gasteiger partial charge in [-0.2, -0.15) is 5.10 Å². The van der Waals surface area contributed by atoms with Crippen LogP contribution in [0.4, 0.5) is 0 Å². The van der Waals surface area contributed by atoms with Gasteiger partial charge < -0.3 is 0 Å². The lowest BCUT2D eigenvalue weighted by Crippen LogP contribution is -2.39. The summed E-state index contributed by atoms with van der Waals surface area (Å²) in [7, 11) is -3.09. The molecule has 1 fully saturated rings. The third-order valence-electron chi connectivity index (χ3n) is 4.71. The quantitative estimate of drug-likeness (QED) is 0.792. The van der Waals surface area contributed by atoms with Crippen LogP contribution in [-0.4, -0.2) is 46.8 Å². The van der Waals surface area contributed by atoms with Gasteiger partial charge in [0.1, 0.15) is 0 Å². The van der Waals surface area contributed by atoms with Crippen LogP contribution in [0.2, 0.25) is 0 Å². The smallest absolute Gasteiger partial charge is 0.211 e. The van der Waals surface area contributed by atoms with E-state index in [4.69, 9.17) is 0 Å². The zero-order valence-corrected chi connectivity index (χ0v) is 15.7. The van der Waals surface area contributed by atoms with Crippen molar-refractivity contribution in [1.29, 1.82) is 0 Å². The predicted octanol–water partition coefficient (Wildman–Crippen LogP) is 2.57. The largest absolute Gasteiger partial charge is 0.263 e. The van der Waals surface area contributed by atoms with Crippen LogP contribution in [0, 0.1) is 5.92 Å². The summed E-state index contributed by atoms with van der Waals surface area (Å²) in [5, 5.41) is 4.34. The van der Waals surface area contributed by atoms with E-state index in [1.165, 1.54) is 6.26 Å². The molecule has 2 aromatic heterocycles. The third-order valence-corrected chi connectivity index (χ3v) is 5.98. The van der Waals surface area contributed by atoms with E-state index >= 15 is 0 Å². The zero-order chi connectivity index (χ0) is 17.9. The molecule has 6 nitrogen and oxygen atoms in total. The Morgan fingerprint density at radius 2 is 2.12 bits per heavy atom. The highest BCUT2D eigenvalue weighted by Gasteiger charge is 2.25. The van der Waals surface area contributed by atoms with Gasteiger partial charge in [0.05, 0.1) is 17.6 Å². The van der Waals surface area contributed by atoms with Gasteiger partial charge in [-0.3, -0.25) is 9.67 Å². The van der Waals surface area contributed by atoms with Crippen LogP contribution >= 0.6 is 0 Å². The second-order valence-electron chi connectivity index (χ2n) is 6.82. The topological polar surface area (TPSA) is 68.1 Å². The Morgan fingerprint density at radius 1 is 1.28 bits per heavy atom. The molecule has 0 radical (unpaired) electrons. The third kappa shape index (κ3) is 4.46. The molecule has 0 saturated carbocycles. The average molecular weight is 362 g/mol. The van der Waals surface area contributed by atoms with Crippen molar-refractivity contribution >= 4 is 10.0 Å². The van der Waals surface area contributed by atoms with Gasteiger partial charge in [-0.05, 0) is 49.3 Å². The molecule has 0 aromatic carbocycles. The van der Waals surface area contributed by atoms with Crippen LogP contribution in [0.3, 0.4) is 0 Å². The first kappa shape index (κ1) is 18.1. The number of hydrogen-bond acceptors (Lipinski definition) is 4. The van der Waals surface area contributed by atoms with Crippen LogP contribution in [0.15, 0.2) is 30.6 Å². The highest BCUT2D eigenvalue weighted by atomic mass is 32.2. The Morgan fingerprint density at radius 3 is 2.80 bits per heavy atom. The van der Waals surface area contributed by atoms with Crippen molar-refractivity contribution in [3.63, 3.8) is 0 Å². The van der Waals surface area contributed by atoms with Crippen molar-refractivity contribution in [2.75, 3.05) is 19.3 Å². The van der Waals surface area contributed by atoms with Crippen molar-refractivity contribution in [2.45, 2.75) is 39.2 Å². The Balaban J connectivity index is 1.67. The molecule has 3 rings (SSSR count). The van der Waals surface area contributed by atoms with Crippen LogP contribution in [-0.2, 0) is 23.0 Å². The fraction of sp³-hybridized carbons (Fsp3) is 0.556. The summed E-state index contributed by atoms with van der Waals surface area (Å²) in [6.45, 7) is 4.28. The minimum atomic E-state index is -3.09. The van der Waals surface area contributed by atoms with Gasteiger partial charge in [0, 0.05) is 32.0 Å². The second-order valence-corrected chi connectivity index (χ2v) is 8.81. The van der Waals surface area contributed by atoms with E-state index in [1.807, 2.05) is 29.2 Å². The van der Waals surface area contributed by atoms with E-state index in [0.29, 0.717) is 19.0 Å². The van der Waals surface area contributed by atoms with Gasteiger partial charge in [-0.1, -0.05) is 13.0 Å². The number of nitrogens with zero attached hydrogens (tertiary/aromatic N) is 4. The molecule has 136 valence electrons. The van der Waals surface area contributed by atoms with E-state index in [0.717, 1.165) is 49.2 Å². The zero-order valence-electron chi connectivity index (χ0n) is 14.9. The maximum atomic E-state index is 11.8. The molecule has 0 spiro atoms. The molecule has 3 heterocycles. The number of sulfonamides is 1. The van der Waals surface area contributed by atoms with Gasteiger partial charge in [-0.25, -0.2) is 12.7 Å². The summed E-state index contributed by atoms with van der Waals surface area (Å²) in [5.41, 5.74) is 3.12. The molecule has 25 heavy (non-hydrogen) atoms. The molecule has 1 aliphatic rings. The number of rotatable bonds is 6. The summed E-state index contributed by atoms with van der Waals surface area (Å²) < 4.78 is 27.1. The van der Waals surface area contributed by atoms with Crippen LogP contribution in [0.25, 0.3) is 11.4 Å². The molecule has 0 amide bonds. The van der Waals surface area contributed by atoms with Crippen molar-refractivity contribution in [3.8, 4) is 11.4 Å². The summed E-state index contributed by atoms with van der Waals surface area (Å²) in [6.07, 6.45) is 8.92. The van der Waals surface area contributed by atoms with Crippen LogP contribution in [0.1, 0.15) is 31.7 Å². The molecule has 0 aliphatic carbocycles. The van der Waals surface area contributed by atoms with Crippen molar-refractivity contribution < 1.29 is 8.42 Å². The highest BCUT2D eigenvalue weighted by Crippen LogP contribution is 2.23. The summed E-state index contributed by atoms with van der Waals surface area (Å²) in [4.78, 5) is 4.60. The van der Waals surface area contributed by atoms with E-state index in [2.05, 4.69) is 23.1 Å². The summed E-state index contributed by atoms with van der Waals surface area (Å²) >= 11 is 0. The van der Waals surface area contributed by atoms with E-state index in [-0.39, 0.29) is 0 Å². The van der Waals surface area contributed by atoms with Gasteiger partial charge >= 0.3 is 0 Å². The summed E-state index contributed by atoms with van der Waals surface area (Å²) in [6, 6.07) is 6.13. The number of piperidine rings is 1. The second kappa shape index (κ2) is 7.66. The molecule has 1 saturated heterocycles. The molecule has 7 heteroatoms. The van der Waals surface area contributed by atoms with E-state index in [1.54, 1.807) is 4.31 Å². The molecular formula is C18H26N4O2S. The first-order chi connectivity index (χ1) is 12.0. The van der Waals surface area contributed by atoms with Gasteiger partial charge in [-0.15, -0.1) is 0 Å². The number of aromatic nitrogens is 3. The van der Waals surface area contributed by atoms with Crippen molar-refractivity contribution in [2.24, 2.45) is 5.92 Å². The lowest BCUT2D eigenvalue weighted by Gasteiger charge is -2.30. The van der Waals surface area contributed by atoms with E-state index in [9.17, 15) is 8.42 Å².